The van der Waals surface area contributed by atoms with Crippen molar-refractivity contribution in [1.82, 2.24) is 5.32 Å². The monoisotopic (exact) mass is 307 g/mol. The lowest BCUT2D eigenvalue weighted by atomic mass is 10.1. The highest BCUT2D eigenvalue weighted by atomic mass is 32.1. The number of rotatable bonds is 6. The van der Waals surface area contributed by atoms with Crippen molar-refractivity contribution >= 4 is 30.3 Å². The summed E-state index contributed by atoms with van der Waals surface area (Å²) < 4.78 is 4.88. The highest BCUT2D eigenvalue weighted by molar-refractivity contribution is 7.80. The number of benzene rings is 1. The zero-order chi connectivity index (χ0) is 15.8. The van der Waals surface area contributed by atoms with Gasteiger partial charge in [-0.3, -0.25) is 9.59 Å². The second-order valence-electron chi connectivity index (χ2n) is 4.11. The van der Waals surface area contributed by atoms with Crippen molar-refractivity contribution < 1.29 is 19.1 Å². The van der Waals surface area contributed by atoms with Crippen molar-refractivity contribution in [3.8, 4) is 0 Å². The molecule has 1 aromatic rings. The first-order valence-electron chi connectivity index (χ1n) is 6.39. The summed E-state index contributed by atoms with van der Waals surface area (Å²) in [6.07, 6.45) is 0. The second kappa shape index (κ2) is 8.26. The van der Waals surface area contributed by atoms with E-state index >= 15 is 0 Å². The lowest BCUT2D eigenvalue weighted by Gasteiger charge is -2.12. The Bertz CT molecular complexity index is 566. The van der Waals surface area contributed by atoms with Crippen LogP contribution in [-0.2, 0) is 14.3 Å². The summed E-state index contributed by atoms with van der Waals surface area (Å²) in [5, 5.41) is 2.45. The quantitative estimate of drug-likeness (QED) is 0.477. The molecule has 0 aromatic heterocycles. The summed E-state index contributed by atoms with van der Waals surface area (Å²) in [5.74, 6) is -1.56. The molecule has 0 heterocycles. The molecule has 1 amide bonds. The van der Waals surface area contributed by atoms with Crippen LogP contribution in [0.3, 0.4) is 0 Å². The van der Waals surface area contributed by atoms with E-state index in [9.17, 15) is 14.4 Å². The fourth-order valence-corrected chi connectivity index (χ4v) is 1.98. The molecule has 0 bridgehead atoms. The molecule has 0 saturated heterocycles. The van der Waals surface area contributed by atoms with E-state index in [0.717, 1.165) is 0 Å². The maximum absolute atomic E-state index is 12.1. The third kappa shape index (κ3) is 4.75. The van der Waals surface area contributed by atoms with Gasteiger partial charge in [-0.2, -0.15) is 12.6 Å². The van der Waals surface area contributed by atoms with Gasteiger partial charge in [0.2, 0.25) is 0 Å². The van der Waals surface area contributed by atoms with Crippen molar-refractivity contribution in [1.29, 1.82) is 0 Å². The number of carbonyl (C=O) groups is 3. The van der Waals surface area contributed by atoms with Crippen LogP contribution in [0.2, 0.25) is 0 Å². The van der Waals surface area contributed by atoms with E-state index in [-0.39, 0.29) is 29.4 Å². The van der Waals surface area contributed by atoms with Crippen molar-refractivity contribution in [2.75, 3.05) is 12.4 Å². The average molecular weight is 307 g/mol. The number of ketones is 1. The normalized spacial score (nSPS) is 11.4. The maximum atomic E-state index is 12.1. The van der Waals surface area contributed by atoms with E-state index in [1.807, 2.05) is 0 Å². The SMILES string of the molecule is CCOC(=O)/C(NC(=O)c1ccccc1)=C(/CS)C(C)=O. The van der Waals surface area contributed by atoms with Crippen LogP contribution in [0.5, 0.6) is 0 Å². The van der Waals surface area contributed by atoms with Crippen LogP contribution in [-0.4, -0.2) is 30.0 Å². The number of hydrogen-bond acceptors (Lipinski definition) is 5. The molecule has 0 saturated carbocycles. The lowest BCUT2D eigenvalue weighted by Crippen LogP contribution is -2.31. The molecule has 6 heteroatoms. The number of Topliss-reactive ketones (excluding diaryl/α,β-unsaturated/α-hetero) is 1. The molecule has 0 atom stereocenters. The van der Waals surface area contributed by atoms with Crippen molar-refractivity contribution in [3.05, 3.63) is 47.2 Å². The van der Waals surface area contributed by atoms with Gasteiger partial charge in [-0.1, -0.05) is 18.2 Å². The largest absolute Gasteiger partial charge is 0.461 e. The van der Waals surface area contributed by atoms with Crippen molar-refractivity contribution in [2.24, 2.45) is 0 Å². The van der Waals surface area contributed by atoms with Crippen LogP contribution in [0.25, 0.3) is 0 Å². The van der Waals surface area contributed by atoms with Crippen molar-refractivity contribution in [2.45, 2.75) is 13.8 Å². The van der Waals surface area contributed by atoms with Crippen LogP contribution in [0.1, 0.15) is 24.2 Å². The molecular formula is C15H17NO4S. The smallest absolute Gasteiger partial charge is 0.355 e. The minimum Gasteiger partial charge on any atom is -0.461 e. The zero-order valence-corrected chi connectivity index (χ0v) is 12.8. The van der Waals surface area contributed by atoms with E-state index in [1.165, 1.54) is 6.92 Å². The predicted octanol–water partition coefficient (Wildman–Crippen LogP) is 1.75. The van der Waals surface area contributed by atoms with Gasteiger partial charge in [0, 0.05) is 16.9 Å². The second-order valence-corrected chi connectivity index (χ2v) is 4.42. The number of amides is 1. The van der Waals surface area contributed by atoms with E-state index in [2.05, 4.69) is 17.9 Å². The Morgan fingerprint density at radius 1 is 1.19 bits per heavy atom. The van der Waals surface area contributed by atoms with E-state index in [4.69, 9.17) is 4.74 Å². The molecule has 0 unspecified atom stereocenters. The predicted molar refractivity (Wildman–Crippen MR) is 82.1 cm³/mol. The van der Waals surface area contributed by atoms with Crippen LogP contribution in [0.15, 0.2) is 41.6 Å². The number of carbonyl (C=O) groups excluding carboxylic acids is 3. The Hall–Kier alpha value is -2.08. The Kier molecular flexibility index (Phi) is 6.68. The highest BCUT2D eigenvalue weighted by Crippen LogP contribution is 2.10. The minimum atomic E-state index is -0.749. The van der Waals surface area contributed by atoms with E-state index < -0.39 is 11.9 Å². The Labute approximate surface area is 128 Å². The van der Waals surface area contributed by atoms with Gasteiger partial charge in [0.15, 0.2) is 5.78 Å². The average Bonchev–Trinajstić information content (AvgIpc) is 2.47. The van der Waals surface area contributed by atoms with Gasteiger partial charge in [0.25, 0.3) is 5.91 Å². The molecule has 0 fully saturated rings. The van der Waals surface area contributed by atoms with E-state index in [1.54, 1.807) is 37.3 Å². The summed E-state index contributed by atoms with van der Waals surface area (Å²) in [7, 11) is 0. The summed E-state index contributed by atoms with van der Waals surface area (Å²) in [4.78, 5) is 35.6. The van der Waals surface area contributed by atoms with Crippen LogP contribution >= 0.6 is 12.6 Å². The number of ether oxygens (including phenoxy) is 1. The molecule has 5 nitrogen and oxygen atoms in total. The number of thiol groups is 1. The van der Waals surface area contributed by atoms with Gasteiger partial charge >= 0.3 is 5.97 Å². The summed E-state index contributed by atoms with van der Waals surface area (Å²) >= 11 is 4.03. The minimum absolute atomic E-state index is 0.0263. The molecule has 0 aliphatic rings. The molecule has 112 valence electrons. The van der Waals surface area contributed by atoms with E-state index in [0.29, 0.717) is 5.56 Å². The molecule has 21 heavy (non-hydrogen) atoms. The Balaban J connectivity index is 3.12. The number of nitrogens with one attached hydrogen (secondary N) is 1. The number of hydrogen-bond donors (Lipinski definition) is 2. The summed E-state index contributed by atoms with van der Waals surface area (Å²) in [6.45, 7) is 3.09. The van der Waals surface area contributed by atoms with Crippen molar-refractivity contribution in [3.63, 3.8) is 0 Å². The number of esters is 1. The lowest BCUT2D eigenvalue weighted by molar-refractivity contribution is -0.139. The Morgan fingerprint density at radius 2 is 1.81 bits per heavy atom. The van der Waals surface area contributed by atoms with Gasteiger partial charge in [-0.05, 0) is 26.0 Å². The van der Waals surface area contributed by atoms with Gasteiger partial charge < -0.3 is 10.1 Å². The van der Waals surface area contributed by atoms with Crippen LogP contribution in [0, 0.1) is 0 Å². The standard InChI is InChI=1S/C15H17NO4S/c1-3-20-15(19)13(12(9-21)10(2)17)16-14(18)11-7-5-4-6-8-11/h4-8,21H,3,9H2,1-2H3,(H,16,18)/b13-12+. The third-order valence-electron chi connectivity index (χ3n) is 2.64. The van der Waals surface area contributed by atoms with Gasteiger partial charge in [0.05, 0.1) is 6.61 Å². The van der Waals surface area contributed by atoms with Gasteiger partial charge in [-0.25, -0.2) is 4.79 Å². The maximum Gasteiger partial charge on any atom is 0.355 e. The molecule has 1 rings (SSSR count). The summed E-state index contributed by atoms with van der Waals surface area (Å²) in [6, 6.07) is 8.38. The first kappa shape index (κ1) is 17.0. The molecule has 0 aliphatic carbocycles. The first-order valence-corrected chi connectivity index (χ1v) is 7.03. The highest BCUT2D eigenvalue weighted by Gasteiger charge is 2.21. The summed E-state index contributed by atoms with van der Waals surface area (Å²) in [5.41, 5.74) is 0.329. The zero-order valence-electron chi connectivity index (χ0n) is 11.9. The Morgan fingerprint density at radius 3 is 2.29 bits per heavy atom. The topological polar surface area (TPSA) is 72.5 Å². The molecule has 0 radical (unpaired) electrons. The molecule has 1 aromatic carbocycles. The first-order chi connectivity index (χ1) is 10.0. The fraction of sp³-hybridized carbons (Fsp3) is 0.267. The van der Waals surface area contributed by atoms with Crippen LogP contribution < -0.4 is 5.32 Å². The fourth-order valence-electron chi connectivity index (χ4n) is 1.59. The molecule has 0 spiro atoms. The molecular weight excluding hydrogens is 290 g/mol. The molecule has 0 aliphatic heterocycles. The van der Waals surface area contributed by atoms with Gasteiger partial charge in [-0.15, -0.1) is 0 Å². The van der Waals surface area contributed by atoms with Gasteiger partial charge in [0.1, 0.15) is 5.70 Å². The molecule has 1 N–H and O–H groups in total. The third-order valence-corrected chi connectivity index (χ3v) is 2.96. The van der Waals surface area contributed by atoms with Crippen LogP contribution in [0.4, 0.5) is 0 Å².